The third-order valence-electron chi connectivity index (χ3n) is 5.51. The number of hydrogen-bond donors (Lipinski definition) is 1. The minimum Gasteiger partial charge on any atom is -0.464 e. The molecule has 178 valence electrons. The van der Waals surface area contributed by atoms with Crippen molar-refractivity contribution >= 4 is 23.6 Å². The zero-order chi connectivity index (χ0) is 22.3. The fourth-order valence-electron chi connectivity index (χ4n) is 3.65. The maximum Gasteiger partial charge on any atom is 0.328 e. The summed E-state index contributed by atoms with van der Waals surface area (Å²) < 4.78 is 5.36. The standard InChI is InChI=1S/C25H49NO3S/c1-4-5-6-7-8-9-10-11-12-13-14-15-16-17-18-19-21-29-25(28)24(20-22-30-3)26-23(2)27/h24H,4-22H2,1-3H3,(H,26,27)/t24-/m0/s1. The van der Waals surface area contributed by atoms with Gasteiger partial charge in [0.2, 0.25) is 5.91 Å². The van der Waals surface area contributed by atoms with E-state index >= 15 is 0 Å². The van der Waals surface area contributed by atoms with Crippen molar-refractivity contribution in [2.45, 2.75) is 129 Å². The molecule has 0 aliphatic heterocycles. The summed E-state index contributed by atoms with van der Waals surface area (Å²) >= 11 is 1.67. The fourth-order valence-corrected chi connectivity index (χ4v) is 4.12. The van der Waals surface area contributed by atoms with Crippen LogP contribution in [0.3, 0.4) is 0 Å². The highest BCUT2D eigenvalue weighted by Gasteiger charge is 2.20. The van der Waals surface area contributed by atoms with Crippen LogP contribution in [0.15, 0.2) is 0 Å². The summed E-state index contributed by atoms with van der Waals surface area (Å²) in [6.45, 7) is 4.18. The number of rotatable bonds is 22. The van der Waals surface area contributed by atoms with Gasteiger partial charge >= 0.3 is 5.97 Å². The lowest BCUT2D eigenvalue weighted by Gasteiger charge is -2.16. The van der Waals surface area contributed by atoms with E-state index in [-0.39, 0.29) is 11.9 Å². The molecule has 0 bridgehead atoms. The molecule has 0 radical (unpaired) electrons. The molecule has 0 aliphatic rings. The Morgan fingerprint density at radius 1 is 0.767 bits per heavy atom. The highest BCUT2D eigenvalue weighted by atomic mass is 32.2. The monoisotopic (exact) mass is 443 g/mol. The molecule has 0 aromatic carbocycles. The first kappa shape index (κ1) is 29.3. The SMILES string of the molecule is CCCCCCCCCCCCCCCCCCOC(=O)[C@H](CCSC)NC(C)=O. The number of unbranched alkanes of at least 4 members (excludes halogenated alkanes) is 15. The molecule has 0 aliphatic carbocycles. The van der Waals surface area contributed by atoms with E-state index in [4.69, 9.17) is 4.74 Å². The van der Waals surface area contributed by atoms with Gasteiger partial charge in [0, 0.05) is 6.92 Å². The van der Waals surface area contributed by atoms with E-state index in [0.29, 0.717) is 13.0 Å². The summed E-state index contributed by atoms with van der Waals surface area (Å²) in [4.78, 5) is 23.3. The van der Waals surface area contributed by atoms with Gasteiger partial charge in [0.25, 0.3) is 0 Å². The second-order valence-electron chi connectivity index (χ2n) is 8.51. The Balaban J connectivity index is 3.40. The van der Waals surface area contributed by atoms with Gasteiger partial charge in [0.15, 0.2) is 0 Å². The van der Waals surface area contributed by atoms with Crippen LogP contribution in [0.1, 0.15) is 123 Å². The predicted octanol–water partition coefficient (Wildman–Crippen LogP) is 7.05. The second kappa shape index (κ2) is 23.0. The molecule has 4 nitrogen and oxygen atoms in total. The molecule has 0 rings (SSSR count). The Morgan fingerprint density at radius 2 is 1.20 bits per heavy atom. The Bertz CT molecular complexity index is 404. The van der Waals surface area contributed by atoms with E-state index in [9.17, 15) is 9.59 Å². The van der Waals surface area contributed by atoms with Crippen molar-refractivity contribution in [3.05, 3.63) is 0 Å². The van der Waals surface area contributed by atoms with E-state index in [1.54, 1.807) is 11.8 Å². The molecule has 0 heterocycles. The quantitative estimate of drug-likeness (QED) is 0.144. The Labute approximate surface area is 191 Å². The number of nitrogens with one attached hydrogen (secondary N) is 1. The zero-order valence-electron chi connectivity index (χ0n) is 20.1. The maximum absolute atomic E-state index is 12.1. The minimum atomic E-state index is -0.504. The van der Waals surface area contributed by atoms with Gasteiger partial charge in [-0.1, -0.05) is 103 Å². The molecule has 0 spiro atoms. The van der Waals surface area contributed by atoms with Gasteiger partial charge in [-0.25, -0.2) is 4.79 Å². The largest absolute Gasteiger partial charge is 0.464 e. The Hall–Kier alpha value is -0.710. The number of hydrogen-bond acceptors (Lipinski definition) is 4. The summed E-state index contributed by atoms with van der Waals surface area (Å²) in [6.07, 6.45) is 23.9. The summed E-state index contributed by atoms with van der Waals surface area (Å²) in [7, 11) is 0. The first-order valence-corrected chi connectivity index (χ1v) is 13.9. The first-order chi connectivity index (χ1) is 14.6. The van der Waals surface area contributed by atoms with Crippen LogP contribution in [0.5, 0.6) is 0 Å². The van der Waals surface area contributed by atoms with Crippen molar-refractivity contribution in [2.75, 3.05) is 18.6 Å². The molecule has 1 N–H and O–H groups in total. The maximum atomic E-state index is 12.1. The molecule has 1 atom stereocenters. The smallest absolute Gasteiger partial charge is 0.328 e. The van der Waals surface area contributed by atoms with Gasteiger partial charge in [0.05, 0.1) is 6.61 Å². The third kappa shape index (κ3) is 20.6. The van der Waals surface area contributed by atoms with Crippen LogP contribution < -0.4 is 5.32 Å². The summed E-state index contributed by atoms with van der Waals surface area (Å²) in [6, 6.07) is -0.504. The van der Waals surface area contributed by atoms with Crippen LogP contribution in [0.4, 0.5) is 0 Å². The highest BCUT2D eigenvalue weighted by Crippen LogP contribution is 2.13. The predicted molar refractivity (Wildman–Crippen MR) is 131 cm³/mol. The summed E-state index contributed by atoms with van der Waals surface area (Å²) in [5, 5.41) is 2.69. The van der Waals surface area contributed by atoms with Crippen molar-refractivity contribution in [1.82, 2.24) is 5.32 Å². The molecule has 30 heavy (non-hydrogen) atoms. The van der Waals surface area contributed by atoms with E-state index in [2.05, 4.69) is 12.2 Å². The Kier molecular flexibility index (Phi) is 22.4. The molecular weight excluding hydrogens is 394 g/mol. The van der Waals surface area contributed by atoms with Crippen molar-refractivity contribution in [1.29, 1.82) is 0 Å². The lowest BCUT2D eigenvalue weighted by molar-refractivity contribution is -0.147. The van der Waals surface area contributed by atoms with Crippen LogP contribution in [-0.4, -0.2) is 36.5 Å². The van der Waals surface area contributed by atoms with Gasteiger partial charge in [0.1, 0.15) is 6.04 Å². The number of carbonyl (C=O) groups excluding carboxylic acids is 2. The topological polar surface area (TPSA) is 55.4 Å². The zero-order valence-corrected chi connectivity index (χ0v) is 21.0. The van der Waals surface area contributed by atoms with Gasteiger partial charge in [-0.3, -0.25) is 4.79 Å². The molecular formula is C25H49NO3S. The molecule has 0 unspecified atom stereocenters. The normalized spacial score (nSPS) is 12.0. The number of esters is 1. The molecule has 0 aromatic rings. The van der Waals surface area contributed by atoms with Crippen LogP contribution in [0, 0.1) is 0 Å². The van der Waals surface area contributed by atoms with Gasteiger partial charge in [-0.05, 0) is 24.9 Å². The van der Waals surface area contributed by atoms with Gasteiger partial charge in [-0.2, -0.15) is 11.8 Å². The molecule has 0 saturated carbocycles. The van der Waals surface area contributed by atoms with Crippen LogP contribution in [0.25, 0.3) is 0 Å². The fraction of sp³-hybridized carbons (Fsp3) is 0.920. The van der Waals surface area contributed by atoms with E-state index < -0.39 is 6.04 Å². The third-order valence-corrected chi connectivity index (χ3v) is 6.16. The van der Waals surface area contributed by atoms with E-state index in [1.807, 2.05) is 6.26 Å². The van der Waals surface area contributed by atoms with Crippen LogP contribution in [-0.2, 0) is 14.3 Å². The van der Waals surface area contributed by atoms with Crippen molar-refractivity contribution in [3.63, 3.8) is 0 Å². The van der Waals surface area contributed by atoms with E-state index in [0.717, 1.165) is 18.6 Å². The summed E-state index contributed by atoms with van der Waals surface area (Å²) in [5.41, 5.74) is 0. The average Bonchev–Trinajstić information content (AvgIpc) is 2.72. The number of carbonyl (C=O) groups is 2. The summed E-state index contributed by atoms with van der Waals surface area (Å²) in [5.74, 6) is 0.361. The highest BCUT2D eigenvalue weighted by molar-refractivity contribution is 7.98. The average molecular weight is 444 g/mol. The van der Waals surface area contributed by atoms with Crippen LogP contribution in [0.2, 0.25) is 0 Å². The lowest BCUT2D eigenvalue weighted by atomic mass is 10.0. The molecule has 1 amide bonds. The molecule has 5 heteroatoms. The lowest BCUT2D eigenvalue weighted by Crippen LogP contribution is -2.41. The van der Waals surface area contributed by atoms with E-state index in [1.165, 1.54) is 96.8 Å². The van der Waals surface area contributed by atoms with Crippen molar-refractivity contribution in [2.24, 2.45) is 0 Å². The number of thioether (sulfide) groups is 1. The minimum absolute atomic E-state index is 0.180. The first-order valence-electron chi connectivity index (χ1n) is 12.5. The number of amides is 1. The second-order valence-corrected chi connectivity index (χ2v) is 9.49. The van der Waals surface area contributed by atoms with Gasteiger partial charge in [-0.15, -0.1) is 0 Å². The van der Waals surface area contributed by atoms with Crippen LogP contribution >= 0.6 is 11.8 Å². The molecule has 0 aromatic heterocycles. The number of ether oxygens (including phenoxy) is 1. The Morgan fingerprint density at radius 3 is 1.60 bits per heavy atom. The van der Waals surface area contributed by atoms with Gasteiger partial charge < -0.3 is 10.1 Å². The van der Waals surface area contributed by atoms with Crippen molar-refractivity contribution < 1.29 is 14.3 Å². The van der Waals surface area contributed by atoms with Crippen molar-refractivity contribution in [3.8, 4) is 0 Å². The molecule has 0 saturated heterocycles. The molecule has 0 fully saturated rings.